The van der Waals surface area contributed by atoms with E-state index in [1.54, 1.807) is 58.0 Å². The van der Waals surface area contributed by atoms with Crippen LogP contribution in [0.15, 0.2) is 36.4 Å². The van der Waals surface area contributed by atoms with Gasteiger partial charge in [0.1, 0.15) is 12.6 Å². The summed E-state index contributed by atoms with van der Waals surface area (Å²) in [5, 5.41) is 3.40. The Hall–Kier alpha value is -2.29. The minimum absolute atomic E-state index is 0.0539. The van der Waals surface area contributed by atoms with Crippen molar-refractivity contribution >= 4 is 50.7 Å². The second-order valence-electron chi connectivity index (χ2n) is 7.85. The summed E-state index contributed by atoms with van der Waals surface area (Å²) < 4.78 is 26.5. The predicted molar refractivity (Wildman–Crippen MR) is 133 cm³/mol. The van der Waals surface area contributed by atoms with Crippen LogP contribution in [0.1, 0.15) is 30.5 Å². The number of aryl methyl sites for hydroxylation is 2. The van der Waals surface area contributed by atoms with E-state index in [9.17, 15) is 18.0 Å². The van der Waals surface area contributed by atoms with Crippen molar-refractivity contribution in [1.29, 1.82) is 0 Å². The molecule has 0 radical (unpaired) electrons. The van der Waals surface area contributed by atoms with E-state index in [4.69, 9.17) is 23.2 Å². The average molecular weight is 514 g/mol. The number of carbonyl (C=O) groups is 2. The Morgan fingerprint density at radius 1 is 1.06 bits per heavy atom. The number of nitrogens with one attached hydrogen (secondary N) is 1. The van der Waals surface area contributed by atoms with Crippen LogP contribution in [0, 0.1) is 13.8 Å². The van der Waals surface area contributed by atoms with E-state index in [0.717, 1.165) is 21.7 Å². The number of likely N-dealkylation sites (N-methyl/N-ethyl adjacent to an activating group) is 1. The first-order valence-corrected chi connectivity index (χ1v) is 13.0. The van der Waals surface area contributed by atoms with E-state index in [-0.39, 0.29) is 12.5 Å². The second kappa shape index (κ2) is 11.2. The summed E-state index contributed by atoms with van der Waals surface area (Å²) in [4.78, 5) is 27.4. The van der Waals surface area contributed by atoms with Gasteiger partial charge >= 0.3 is 0 Å². The molecule has 180 valence electrons. The summed E-state index contributed by atoms with van der Waals surface area (Å²) in [5.41, 5.74) is 2.56. The van der Waals surface area contributed by atoms with Crippen LogP contribution < -0.4 is 9.62 Å². The molecule has 0 aliphatic heterocycles. The van der Waals surface area contributed by atoms with Crippen molar-refractivity contribution in [2.75, 3.05) is 23.7 Å². The lowest BCUT2D eigenvalue weighted by Crippen LogP contribution is -2.51. The van der Waals surface area contributed by atoms with Gasteiger partial charge in [-0.15, -0.1) is 0 Å². The SMILES string of the molecule is CCNC(=O)C(C)N(Cc1ccc(Cl)c(Cl)c1)C(=O)CN(c1c(C)cccc1C)S(C)(=O)=O. The lowest BCUT2D eigenvalue weighted by Gasteiger charge is -2.32. The largest absolute Gasteiger partial charge is 0.355 e. The number of halogens is 2. The minimum Gasteiger partial charge on any atom is -0.355 e. The fourth-order valence-electron chi connectivity index (χ4n) is 3.51. The molecule has 7 nitrogen and oxygen atoms in total. The number of hydrogen-bond donors (Lipinski definition) is 1. The number of amides is 2. The summed E-state index contributed by atoms with van der Waals surface area (Å²) in [6, 6.07) is 9.49. The lowest BCUT2D eigenvalue weighted by molar-refractivity contribution is -0.139. The van der Waals surface area contributed by atoms with Gasteiger partial charge in [-0.2, -0.15) is 0 Å². The molecule has 1 N–H and O–H groups in total. The summed E-state index contributed by atoms with van der Waals surface area (Å²) >= 11 is 12.1. The molecule has 0 aromatic heterocycles. The molecule has 2 amide bonds. The number of rotatable bonds is 9. The molecule has 0 spiro atoms. The van der Waals surface area contributed by atoms with Crippen molar-refractivity contribution in [2.24, 2.45) is 0 Å². The van der Waals surface area contributed by atoms with Crippen LogP contribution in [-0.4, -0.2) is 50.5 Å². The molecule has 0 saturated heterocycles. The number of sulfonamides is 1. The third kappa shape index (κ3) is 6.85. The van der Waals surface area contributed by atoms with Gasteiger partial charge in [0.15, 0.2) is 0 Å². The van der Waals surface area contributed by atoms with E-state index in [1.807, 2.05) is 6.07 Å². The van der Waals surface area contributed by atoms with E-state index >= 15 is 0 Å². The summed E-state index contributed by atoms with van der Waals surface area (Å²) in [6.45, 7) is 6.96. The van der Waals surface area contributed by atoms with Gasteiger partial charge in [0.25, 0.3) is 0 Å². The maximum Gasteiger partial charge on any atom is 0.244 e. The Morgan fingerprint density at radius 3 is 2.18 bits per heavy atom. The van der Waals surface area contributed by atoms with Crippen LogP contribution in [0.25, 0.3) is 0 Å². The topological polar surface area (TPSA) is 86.8 Å². The Bertz CT molecular complexity index is 1120. The highest BCUT2D eigenvalue weighted by molar-refractivity contribution is 7.92. The molecule has 1 unspecified atom stereocenters. The van der Waals surface area contributed by atoms with Gasteiger partial charge in [-0.3, -0.25) is 13.9 Å². The maximum absolute atomic E-state index is 13.5. The fourth-order valence-corrected chi connectivity index (χ4v) is 4.80. The smallest absolute Gasteiger partial charge is 0.244 e. The first-order valence-electron chi connectivity index (χ1n) is 10.4. The monoisotopic (exact) mass is 513 g/mol. The van der Waals surface area contributed by atoms with Crippen molar-refractivity contribution in [2.45, 2.75) is 40.3 Å². The molecular weight excluding hydrogens is 485 g/mol. The molecule has 0 heterocycles. The fraction of sp³-hybridized carbons (Fsp3) is 0.391. The number of anilines is 1. The summed E-state index contributed by atoms with van der Waals surface area (Å²) in [7, 11) is -3.79. The number of benzene rings is 2. The average Bonchev–Trinajstić information content (AvgIpc) is 2.72. The standard InChI is InChI=1S/C23H29Cl2N3O4S/c1-6-26-23(30)17(4)27(13-18-10-11-19(24)20(25)12-18)21(29)14-28(33(5,31)32)22-15(2)8-7-9-16(22)3/h7-12,17H,6,13-14H2,1-5H3,(H,26,30). The number of para-hydroxylation sites is 1. The first kappa shape index (κ1) is 27.0. The molecule has 2 aromatic carbocycles. The lowest BCUT2D eigenvalue weighted by atomic mass is 10.1. The van der Waals surface area contributed by atoms with Gasteiger partial charge in [0.2, 0.25) is 21.8 Å². The molecule has 0 saturated carbocycles. The number of nitrogens with zero attached hydrogens (tertiary/aromatic N) is 2. The van der Waals surface area contributed by atoms with Gasteiger partial charge < -0.3 is 10.2 Å². The highest BCUT2D eigenvalue weighted by atomic mass is 35.5. The van der Waals surface area contributed by atoms with E-state index < -0.39 is 28.5 Å². The molecule has 2 rings (SSSR count). The minimum atomic E-state index is -3.79. The second-order valence-corrected chi connectivity index (χ2v) is 10.6. The van der Waals surface area contributed by atoms with E-state index in [1.165, 1.54) is 4.90 Å². The van der Waals surface area contributed by atoms with E-state index in [2.05, 4.69) is 5.32 Å². The van der Waals surface area contributed by atoms with Crippen LogP contribution in [0.3, 0.4) is 0 Å². The predicted octanol–water partition coefficient (Wildman–Crippen LogP) is 3.93. The van der Waals surface area contributed by atoms with Crippen molar-refractivity contribution < 1.29 is 18.0 Å². The molecule has 10 heteroatoms. The van der Waals surface area contributed by atoms with E-state index in [0.29, 0.717) is 27.8 Å². The normalized spacial score (nSPS) is 12.2. The van der Waals surface area contributed by atoms with Gasteiger partial charge in [-0.05, 0) is 56.5 Å². The van der Waals surface area contributed by atoms with Crippen molar-refractivity contribution in [3.05, 3.63) is 63.1 Å². The van der Waals surface area contributed by atoms with Crippen molar-refractivity contribution in [1.82, 2.24) is 10.2 Å². The Balaban J connectivity index is 2.46. The third-order valence-corrected chi connectivity index (χ3v) is 7.07. The highest BCUT2D eigenvalue weighted by Gasteiger charge is 2.31. The molecule has 0 aliphatic rings. The van der Waals surface area contributed by atoms with Crippen molar-refractivity contribution in [3.63, 3.8) is 0 Å². The molecular formula is C23H29Cl2N3O4S. The van der Waals surface area contributed by atoms with Crippen LogP contribution in [-0.2, 0) is 26.2 Å². The zero-order valence-corrected chi connectivity index (χ0v) is 21.7. The van der Waals surface area contributed by atoms with Crippen LogP contribution >= 0.6 is 23.2 Å². The first-order chi connectivity index (χ1) is 15.4. The number of hydrogen-bond acceptors (Lipinski definition) is 4. The Kier molecular flexibility index (Phi) is 9.17. The molecule has 0 aliphatic carbocycles. The summed E-state index contributed by atoms with van der Waals surface area (Å²) in [6.07, 6.45) is 1.06. The van der Waals surface area contributed by atoms with Gasteiger partial charge in [-0.1, -0.05) is 47.5 Å². The van der Waals surface area contributed by atoms with Crippen LogP contribution in [0.5, 0.6) is 0 Å². The van der Waals surface area contributed by atoms with Gasteiger partial charge in [-0.25, -0.2) is 8.42 Å². The highest BCUT2D eigenvalue weighted by Crippen LogP contribution is 2.28. The Morgan fingerprint density at radius 2 is 1.67 bits per heavy atom. The molecule has 0 bridgehead atoms. The maximum atomic E-state index is 13.5. The van der Waals surface area contributed by atoms with Gasteiger partial charge in [0.05, 0.1) is 22.0 Å². The zero-order valence-electron chi connectivity index (χ0n) is 19.4. The number of carbonyl (C=O) groups excluding carboxylic acids is 2. The molecule has 1 atom stereocenters. The van der Waals surface area contributed by atoms with Crippen LogP contribution in [0.4, 0.5) is 5.69 Å². The zero-order chi connectivity index (χ0) is 24.9. The summed E-state index contributed by atoms with van der Waals surface area (Å²) in [5.74, 6) is -0.864. The quantitative estimate of drug-likeness (QED) is 0.550. The Labute approximate surface area is 205 Å². The third-order valence-electron chi connectivity index (χ3n) is 5.22. The van der Waals surface area contributed by atoms with Crippen LogP contribution in [0.2, 0.25) is 10.0 Å². The van der Waals surface area contributed by atoms with Gasteiger partial charge in [0, 0.05) is 13.1 Å². The van der Waals surface area contributed by atoms with Crippen molar-refractivity contribution in [3.8, 4) is 0 Å². The molecule has 33 heavy (non-hydrogen) atoms. The molecule has 2 aromatic rings. The molecule has 0 fully saturated rings.